The summed E-state index contributed by atoms with van der Waals surface area (Å²) >= 11 is 0. The Labute approximate surface area is 120 Å². The Kier molecular flexibility index (Phi) is 5.70. The fourth-order valence-corrected chi connectivity index (χ4v) is 4.03. The van der Waals surface area contributed by atoms with E-state index in [1.165, 1.54) is 58.3 Å². The zero-order valence-corrected chi connectivity index (χ0v) is 13.6. The van der Waals surface area contributed by atoms with E-state index >= 15 is 0 Å². The summed E-state index contributed by atoms with van der Waals surface area (Å²) in [6, 6.07) is 1.63. The summed E-state index contributed by atoms with van der Waals surface area (Å²) < 4.78 is 0. The van der Waals surface area contributed by atoms with Gasteiger partial charge >= 0.3 is 0 Å². The molecule has 2 fully saturated rings. The Morgan fingerprint density at radius 3 is 1.89 bits per heavy atom. The van der Waals surface area contributed by atoms with Gasteiger partial charge in [0.2, 0.25) is 0 Å². The van der Waals surface area contributed by atoms with E-state index in [0.717, 1.165) is 23.9 Å². The Morgan fingerprint density at radius 1 is 0.842 bits per heavy atom. The van der Waals surface area contributed by atoms with Crippen LogP contribution in [-0.2, 0) is 0 Å². The zero-order valence-electron chi connectivity index (χ0n) is 13.6. The van der Waals surface area contributed by atoms with Crippen molar-refractivity contribution < 1.29 is 0 Å². The molecule has 1 heterocycles. The minimum Gasteiger partial charge on any atom is -0.298 e. The highest BCUT2D eigenvalue weighted by Crippen LogP contribution is 2.32. The van der Waals surface area contributed by atoms with Gasteiger partial charge in [-0.25, -0.2) is 0 Å². The fourth-order valence-electron chi connectivity index (χ4n) is 4.03. The van der Waals surface area contributed by atoms with Crippen molar-refractivity contribution in [2.75, 3.05) is 26.2 Å². The van der Waals surface area contributed by atoms with Crippen molar-refractivity contribution in [3.05, 3.63) is 0 Å². The van der Waals surface area contributed by atoms with Crippen molar-refractivity contribution in [3.63, 3.8) is 0 Å². The lowest BCUT2D eigenvalue weighted by Crippen LogP contribution is -2.52. The van der Waals surface area contributed by atoms with Crippen LogP contribution in [0.3, 0.4) is 0 Å². The van der Waals surface area contributed by atoms with Crippen LogP contribution in [0.4, 0.5) is 0 Å². The molecular formula is C17H34N2. The average molecular weight is 266 g/mol. The third-order valence-electron chi connectivity index (χ3n) is 5.22. The number of piperazine rings is 1. The molecular weight excluding hydrogens is 232 g/mol. The smallest absolute Gasteiger partial charge is 0.0113 e. The third-order valence-corrected chi connectivity index (χ3v) is 5.22. The van der Waals surface area contributed by atoms with Crippen LogP contribution in [0.1, 0.15) is 59.8 Å². The topological polar surface area (TPSA) is 6.48 Å². The first-order valence-electron chi connectivity index (χ1n) is 8.54. The zero-order chi connectivity index (χ0) is 13.8. The van der Waals surface area contributed by atoms with Crippen LogP contribution in [-0.4, -0.2) is 48.1 Å². The van der Waals surface area contributed by atoms with Gasteiger partial charge in [-0.15, -0.1) is 0 Å². The van der Waals surface area contributed by atoms with Crippen molar-refractivity contribution in [3.8, 4) is 0 Å². The second-order valence-corrected chi connectivity index (χ2v) is 7.47. The van der Waals surface area contributed by atoms with Crippen LogP contribution in [0.5, 0.6) is 0 Å². The molecule has 1 saturated heterocycles. The Balaban J connectivity index is 1.71. The Hall–Kier alpha value is -0.0800. The normalized spacial score (nSPS) is 31.3. The van der Waals surface area contributed by atoms with E-state index in [4.69, 9.17) is 0 Å². The number of hydrogen-bond acceptors (Lipinski definition) is 2. The SMILES string of the molecule is CC(C)CC1CCC(N2CCN(C(C)C)CC2)CC1. The van der Waals surface area contributed by atoms with E-state index in [0.29, 0.717) is 0 Å². The molecule has 0 spiro atoms. The molecule has 2 rings (SSSR count). The van der Waals surface area contributed by atoms with Crippen molar-refractivity contribution in [1.82, 2.24) is 9.80 Å². The molecule has 2 heteroatoms. The molecule has 19 heavy (non-hydrogen) atoms. The third kappa shape index (κ3) is 4.46. The highest BCUT2D eigenvalue weighted by atomic mass is 15.3. The molecule has 0 aromatic carbocycles. The highest BCUT2D eigenvalue weighted by molar-refractivity contribution is 4.84. The monoisotopic (exact) mass is 266 g/mol. The van der Waals surface area contributed by atoms with E-state index in [1.807, 2.05) is 0 Å². The van der Waals surface area contributed by atoms with Crippen molar-refractivity contribution >= 4 is 0 Å². The van der Waals surface area contributed by atoms with Crippen LogP contribution in [0, 0.1) is 11.8 Å². The molecule has 0 atom stereocenters. The molecule has 1 aliphatic heterocycles. The first-order valence-corrected chi connectivity index (χ1v) is 8.54. The van der Waals surface area contributed by atoms with E-state index < -0.39 is 0 Å². The lowest BCUT2D eigenvalue weighted by atomic mass is 9.81. The minimum atomic E-state index is 0.726. The van der Waals surface area contributed by atoms with Gasteiger partial charge < -0.3 is 0 Å². The first-order chi connectivity index (χ1) is 9.06. The van der Waals surface area contributed by atoms with Gasteiger partial charge in [0.15, 0.2) is 0 Å². The summed E-state index contributed by atoms with van der Waals surface area (Å²) in [6.07, 6.45) is 7.33. The predicted octanol–water partition coefficient (Wildman–Crippen LogP) is 3.62. The van der Waals surface area contributed by atoms with Crippen LogP contribution in [0.2, 0.25) is 0 Å². The first kappa shape index (κ1) is 15.3. The molecule has 0 radical (unpaired) electrons. The lowest BCUT2D eigenvalue weighted by molar-refractivity contribution is 0.0558. The number of rotatable bonds is 4. The molecule has 0 N–H and O–H groups in total. The number of hydrogen-bond donors (Lipinski definition) is 0. The van der Waals surface area contributed by atoms with Gasteiger partial charge in [-0.2, -0.15) is 0 Å². The number of nitrogens with zero attached hydrogens (tertiary/aromatic N) is 2. The summed E-state index contributed by atoms with van der Waals surface area (Å²) in [4.78, 5) is 5.41. The molecule has 1 aliphatic carbocycles. The minimum absolute atomic E-state index is 0.726. The van der Waals surface area contributed by atoms with Gasteiger partial charge in [-0.3, -0.25) is 9.80 Å². The summed E-state index contributed by atoms with van der Waals surface area (Å²) in [5.74, 6) is 1.91. The van der Waals surface area contributed by atoms with E-state index in [1.54, 1.807) is 0 Å². The fraction of sp³-hybridized carbons (Fsp3) is 1.00. The maximum atomic E-state index is 2.78. The Morgan fingerprint density at radius 2 is 1.42 bits per heavy atom. The van der Waals surface area contributed by atoms with Crippen molar-refractivity contribution in [2.24, 2.45) is 11.8 Å². The second kappa shape index (κ2) is 7.08. The maximum Gasteiger partial charge on any atom is 0.0113 e. The average Bonchev–Trinajstić information content (AvgIpc) is 2.39. The quantitative estimate of drug-likeness (QED) is 0.767. The molecule has 1 saturated carbocycles. The van der Waals surface area contributed by atoms with Crippen LogP contribution < -0.4 is 0 Å². The van der Waals surface area contributed by atoms with Crippen molar-refractivity contribution in [1.29, 1.82) is 0 Å². The molecule has 0 aromatic heterocycles. The summed E-state index contributed by atoms with van der Waals surface area (Å²) in [6.45, 7) is 14.6. The second-order valence-electron chi connectivity index (χ2n) is 7.47. The van der Waals surface area contributed by atoms with Gasteiger partial charge in [-0.1, -0.05) is 13.8 Å². The summed E-state index contributed by atoms with van der Waals surface area (Å²) in [5, 5.41) is 0. The van der Waals surface area contributed by atoms with E-state index in [9.17, 15) is 0 Å². The maximum absolute atomic E-state index is 2.78. The molecule has 2 nitrogen and oxygen atoms in total. The standard InChI is InChI=1S/C17H34N2/c1-14(2)13-16-5-7-17(8-6-16)19-11-9-18(10-12-19)15(3)4/h14-17H,5-13H2,1-4H3. The Bertz CT molecular complexity index is 246. The summed E-state index contributed by atoms with van der Waals surface area (Å²) in [7, 11) is 0. The molecule has 0 bridgehead atoms. The van der Waals surface area contributed by atoms with Gasteiger partial charge in [0.05, 0.1) is 0 Å². The van der Waals surface area contributed by atoms with E-state index in [-0.39, 0.29) is 0 Å². The predicted molar refractivity (Wildman–Crippen MR) is 83.5 cm³/mol. The highest BCUT2D eigenvalue weighted by Gasteiger charge is 2.28. The van der Waals surface area contributed by atoms with Gasteiger partial charge in [0.1, 0.15) is 0 Å². The van der Waals surface area contributed by atoms with E-state index in [2.05, 4.69) is 37.5 Å². The molecule has 0 amide bonds. The van der Waals surface area contributed by atoms with Crippen LogP contribution in [0.15, 0.2) is 0 Å². The largest absolute Gasteiger partial charge is 0.298 e. The molecule has 0 aromatic rings. The lowest BCUT2D eigenvalue weighted by Gasteiger charge is -2.43. The molecule has 2 aliphatic rings. The van der Waals surface area contributed by atoms with Crippen molar-refractivity contribution in [2.45, 2.75) is 71.9 Å². The van der Waals surface area contributed by atoms with Gasteiger partial charge in [0.25, 0.3) is 0 Å². The molecule has 0 unspecified atom stereocenters. The van der Waals surface area contributed by atoms with Crippen LogP contribution in [0.25, 0.3) is 0 Å². The van der Waals surface area contributed by atoms with Crippen LogP contribution >= 0.6 is 0 Å². The molecule has 112 valence electrons. The van der Waals surface area contributed by atoms with Gasteiger partial charge in [-0.05, 0) is 57.8 Å². The van der Waals surface area contributed by atoms with Gasteiger partial charge in [0, 0.05) is 38.3 Å². The summed E-state index contributed by atoms with van der Waals surface area (Å²) in [5.41, 5.74) is 0.